The highest BCUT2D eigenvalue weighted by Crippen LogP contribution is 2.13. The Morgan fingerprint density at radius 3 is 2.91 bits per heavy atom. The molecule has 1 aromatic rings. The number of urea groups is 1. The van der Waals surface area contributed by atoms with Crippen LogP contribution in [0.3, 0.4) is 0 Å². The summed E-state index contributed by atoms with van der Waals surface area (Å²) in [5, 5.41) is 6.11. The van der Waals surface area contributed by atoms with Crippen molar-refractivity contribution in [3.8, 4) is 0 Å². The number of ether oxygens (including phenoxy) is 1. The molecular weight excluding hydrogens is 290 g/mol. The van der Waals surface area contributed by atoms with Crippen LogP contribution in [0.5, 0.6) is 0 Å². The number of nitrogens with zero attached hydrogens (tertiary/aromatic N) is 3. The first-order valence-corrected chi connectivity index (χ1v) is 7.37. The predicted molar refractivity (Wildman–Crippen MR) is 75.9 cm³/mol. The molecule has 2 rings (SSSR count). The van der Waals surface area contributed by atoms with Crippen LogP contribution in [0.4, 0.5) is 4.79 Å². The quantitative estimate of drug-likeness (QED) is 0.745. The topological polar surface area (TPSA) is 124 Å². The van der Waals surface area contributed by atoms with Gasteiger partial charge in [0, 0.05) is 19.7 Å². The van der Waals surface area contributed by atoms with Gasteiger partial charge in [0.05, 0.1) is 12.6 Å². The summed E-state index contributed by atoms with van der Waals surface area (Å²) in [6.07, 6.45) is 2.96. The largest absolute Gasteiger partial charge is 0.376 e. The molecule has 0 aromatic carbocycles. The van der Waals surface area contributed by atoms with E-state index in [1.807, 2.05) is 6.92 Å². The van der Waals surface area contributed by atoms with Crippen molar-refractivity contribution in [2.75, 3.05) is 19.7 Å². The van der Waals surface area contributed by atoms with Gasteiger partial charge < -0.3 is 25.2 Å². The van der Waals surface area contributed by atoms with Gasteiger partial charge in [-0.1, -0.05) is 12.1 Å². The number of hydrogen-bond acceptors (Lipinski definition) is 6. The number of primary amides is 1. The summed E-state index contributed by atoms with van der Waals surface area (Å²) in [7, 11) is 0. The van der Waals surface area contributed by atoms with E-state index in [0.717, 1.165) is 25.9 Å². The monoisotopic (exact) mass is 311 g/mol. The maximum Gasteiger partial charge on any atom is 0.317 e. The zero-order valence-electron chi connectivity index (χ0n) is 12.6. The summed E-state index contributed by atoms with van der Waals surface area (Å²) in [5.41, 5.74) is 5.03. The molecule has 0 spiro atoms. The molecule has 1 aromatic heterocycles. The van der Waals surface area contributed by atoms with Gasteiger partial charge in [0.15, 0.2) is 0 Å². The van der Waals surface area contributed by atoms with Gasteiger partial charge in [-0.25, -0.2) is 4.79 Å². The number of carbonyl (C=O) groups excluding carboxylic acids is 2. The van der Waals surface area contributed by atoms with Crippen molar-refractivity contribution in [3.63, 3.8) is 0 Å². The van der Waals surface area contributed by atoms with Crippen LogP contribution >= 0.6 is 0 Å². The summed E-state index contributed by atoms with van der Waals surface area (Å²) in [6, 6.07) is -0.226. The fourth-order valence-electron chi connectivity index (χ4n) is 2.27. The SMILES string of the molecule is CCCN(C[C@H]1CCCO1)C(=O)NCc1nc(C(N)=O)no1. The molecule has 9 nitrogen and oxygen atoms in total. The lowest BCUT2D eigenvalue weighted by Crippen LogP contribution is -2.43. The highest BCUT2D eigenvalue weighted by molar-refractivity contribution is 5.88. The normalized spacial score (nSPS) is 17.4. The van der Waals surface area contributed by atoms with E-state index in [1.54, 1.807) is 4.90 Å². The molecule has 1 saturated heterocycles. The Hall–Kier alpha value is -2.16. The van der Waals surface area contributed by atoms with Gasteiger partial charge in [0.1, 0.15) is 0 Å². The van der Waals surface area contributed by atoms with Crippen LogP contribution < -0.4 is 11.1 Å². The van der Waals surface area contributed by atoms with Crippen LogP contribution in [0.15, 0.2) is 4.52 Å². The fourth-order valence-corrected chi connectivity index (χ4v) is 2.27. The average Bonchev–Trinajstić information content (AvgIpc) is 3.15. The third kappa shape index (κ3) is 4.42. The summed E-state index contributed by atoms with van der Waals surface area (Å²) in [5.74, 6) is -0.836. The minimum atomic E-state index is -0.771. The molecule has 22 heavy (non-hydrogen) atoms. The highest BCUT2D eigenvalue weighted by Gasteiger charge is 2.22. The van der Waals surface area contributed by atoms with Crippen LogP contribution in [-0.4, -0.2) is 52.8 Å². The number of rotatable bonds is 7. The first kappa shape index (κ1) is 16.2. The van der Waals surface area contributed by atoms with Crippen LogP contribution in [0.25, 0.3) is 0 Å². The molecular formula is C13H21N5O4. The minimum Gasteiger partial charge on any atom is -0.376 e. The van der Waals surface area contributed by atoms with Gasteiger partial charge in [0.2, 0.25) is 5.89 Å². The number of amides is 3. The molecule has 122 valence electrons. The van der Waals surface area contributed by atoms with Gasteiger partial charge in [-0.3, -0.25) is 4.79 Å². The van der Waals surface area contributed by atoms with Crippen LogP contribution in [-0.2, 0) is 11.3 Å². The molecule has 0 unspecified atom stereocenters. The van der Waals surface area contributed by atoms with Gasteiger partial charge in [-0.2, -0.15) is 4.98 Å². The van der Waals surface area contributed by atoms with Gasteiger partial charge in [0.25, 0.3) is 11.7 Å². The maximum atomic E-state index is 12.2. The smallest absolute Gasteiger partial charge is 0.317 e. The van der Waals surface area contributed by atoms with Gasteiger partial charge in [-0.05, 0) is 19.3 Å². The molecule has 3 amide bonds. The Bertz CT molecular complexity index is 512. The average molecular weight is 311 g/mol. The van der Waals surface area contributed by atoms with E-state index in [0.29, 0.717) is 13.1 Å². The molecule has 0 saturated carbocycles. The van der Waals surface area contributed by atoms with E-state index in [1.165, 1.54) is 0 Å². The van der Waals surface area contributed by atoms with Crippen molar-refractivity contribution in [2.45, 2.75) is 38.8 Å². The van der Waals surface area contributed by atoms with E-state index < -0.39 is 5.91 Å². The summed E-state index contributed by atoms with van der Waals surface area (Å²) < 4.78 is 10.4. The number of nitrogens with one attached hydrogen (secondary N) is 1. The van der Waals surface area contributed by atoms with Crippen molar-refractivity contribution < 1.29 is 18.8 Å². The van der Waals surface area contributed by atoms with E-state index in [9.17, 15) is 9.59 Å². The number of carbonyl (C=O) groups is 2. The second-order valence-electron chi connectivity index (χ2n) is 5.12. The highest BCUT2D eigenvalue weighted by atomic mass is 16.5. The Labute approximate surface area is 128 Å². The lowest BCUT2D eigenvalue weighted by Gasteiger charge is -2.25. The molecule has 0 radical (unpaired) electrons. The van der Waals surface area contributed by atoms with Crippen molar-refractivity contribution >= 4 is 11.9 Å². The molecule has 0 bridgehead atoms. The molecule has 1 fully saturated rings. The first-order chi connectivity index (χ1) is 10.6. The molecule has 9 heteroatoms. The maximum absolute atomic E-state index is 12.2. The third-order valence-electron chi connectivity index (χ3n) is 3.31. The summed E-state index contributed by atoms with van der Waals surface area (Å²) in [4.78, 5) is 28.6. The van der Waals surface area contributed by atoms with Crippen LogP contribution in [0, 0.1) is 0 Å². The van der Waals surface area contributed by atoms with Crippen molar-refractivity contribution in [2.24, 2.45) is 5.73 Å². The lowest BCUT2D eigenvalue weighted by molar-refractivity contribution is 0.0811. The molecule has 0 aliphatic carbocycles. The molecule has 1 aliphatic heterocycles. The van der Waals surface area contributed by atoms with E-state index >= 15 is 0 Å². The lowest BCUT2D eigenvalue weighted by atomic mass is 10.2. The van der Waals surface area contributed by atoms with E-state index in [2.05, 4.69) is 15.5 Å². The first-order valence-electron chi connectivity index (χ1n) is 7.37. The Kier molecular flexibility index (Phi) is 5.70. The van der Waals surface area contributed by atoms with E-state index in [-0.39, 0.29) is 30.4 Å². The zero-order chi connectivity index (χ0) is 15.9. The second-order valence-corrected chi connectivity index (χ2v) is 5.12. The van der Waals surface area contributed by atoms with Crippen molar-refractivity contribution in [3.05, 3.63) is 11.7 Å². The van der Waals surface area contributed by atoms with Gasteiger partial charge in [-0.15, -0.1) is 0 Å². The second kappa shape index (κ2) is 7.74. The number of hydrogen-bond donors (Lipinski definition) is 2. The Morgan fingerprint density at radius 2 is 2.32 bits per heavy atom. The Morgan fingerprint density at radius 1 is 1.50 bits per heavy atom. The molecule has 1 aliphatic rings. The Balaban J connectivity index is 1.85. The summed E-state index contributed by atoms with van der Waals surface area (Å²) in [6.45, 7) is 4.01. The van der Waals surface area contributed by atoms with E-state index in [4.69, 9.17) is 15.0 Å². The van der Waals surface area contributed by atoms with Crippen LogP contribution in [0.1, 0.15) is 42.7 Å². The number of aromatic nitrogens is 2. The third-order valence-corrected chi connectivity index (χ3v) is 3.31. The van der Waals surface area contributed by atoms with Crippen molar-refractivity contribution in [1.29, 1.82) is 0 Å². The molecule has 1 atom stereocenters. The molecule has 3 N–H and O–H groups in total. The van der Waals surface area contributed by atoms with Crippen molar-refractivity contribution in [1.82, 2.24) is 20.4 Å². The predicted octanol–water partition coefficient (Wildman–Crippen LogP) is 0.269. The van der Waals surface area contributed by atoms with Gasteiger partial charge >= 0.3 is 6.03 Å². The zero-order valence-corrected chi connectivity index (χ0v) is 12.6. The standard InChI is InChI=1S/C13H21N5O4/c1-2-5-18(8-9-4-3-6-21-9)13(20)15-7-10-16-12(11(14)19)17-22-10/h9H,2-8H2,1H3,(H2,14,19)(H,15,20)/t9-/m1/s1. The minimum absolute atomic E-state index is 0.0465. The molecule has 2 heterocycles. The van der Waals surface area contributed by atoms with Crippen LogP contribution in [0.2, 0.25) is 0 Å². The fraction of sp³-hybridized carbons (Fsp3) is 0.692. The summed E-state index contributed by atoms with van der Waals surface area (Å²) >= 11 is 0. The number of nitrogens with two attached hydrogens (primary N) is 1.